The predicted molar refractivity (Wildman–Crippen MR) is 51.8 cm³/mol. The highest BCUT2D eigenvalue weighted by Crippen LogP contribution is 2.30. The second kappa shape index (κ2) is 3.58. The molecule has 2 rings (SSSR count). The summed E-state index contributed by atoms with van der Waals surface area (Å²) in [6.07, 6.45) is 5.90. The molecule has 0 aliphatic heterocycles. The van der Waals surface area contributed by atoms with Gasteiger partial charge in [0.05, 0.1) is 0 Å². The van der Waals surface area contributed by atoms with Crippen LogP contribution in [-0.4, -0.2) is 11.7 Å². The van der Waals surface area contributed by atoms with Crippen LogP contribution in [0.2, 0.25) is 0 Å². The van der Waals surface area contributed by atoms with Crippen LogP contribution in [0, 0.1) is 0 Å². The second-order valence-electron chi connectivity index (χ2n) is 3.34. The first-order valence-electron chi connectivity index (χ1n) is 4.61. The Morgan fingerprint density at radius 3 is 3.08 bits per heavy atom. The maximum absolute atomic E-state index is 8.68. The lowest BCUT2D eigenvalue weighted by Gasteiger charge is -1.92. The molecule has 1 aromatic heterocycles. The van der Waals surface area contributed by atoms with E-state index in [1.54, 1.807) is 10.4 Å². The molecule has 0 radical (unpaired) electrons. The maximum Gasteiger partial charge on any atom is 0.0434 e. The summed E-state index contributed by atoms with van der Waals surface area (Å²) in [6, 6.07) is 2.34. The molecule has 0 bridgehead atoms. The highest BCUT2D eigenvalue weighted by atomic mass is 32.1. The average molecular weight is 182 g/mol. The molecule has 0 saturated carbocycles. The van der Waals surface area contributed by atoms with Crippen molar-refractivity contribution < 1.29 is 5.11 Å². The summed E-state index contributed by atoms with van der Waals surface area (Å²) in [5.41, 5.74) is 1.58. The van der Waals surface area contributed by atoms with Gasteiger partial charge in [0.2, 0.25) is 0 Å². The highest BCUT2D eigenvalue weighted by molar-refractivity contribution is 7.12. The Kier molecular flexibility index (Phi) is 2.47. The predicted octanol–water partition coefficient (Wildman–Crippen LogP) is 2.16. The Labute approximate surface area is 77.0 Å². The molecule has 1 aliphatic carbocycles. The lowest BCUT2D eigenvalue weighted by Crippen LogP contribution is -1.85. The smallest absolute Gasteiger partial charge is 0.0434 e. The molecular weight excluding hydrogens is 168 g/mol. The molecule has 0 fully saturated rings. The van der Waals surface area contributed by atoms with Gasteiger partial charge in [0.1, 0.15) is 0 Å². The van der Waals surface area contributed by atoms with E-state index in [0.717, 1.165) is 12.8 Å². The van der Waals surface area contributed by atoms with Crippen molar-refractivity contribution in [3.05, 3.63) is 21.4 Å². The van der Waals surface area contributed by atoms with Gasteiger partial charge < -0.3 is 5.11 Å². The second-order valence-corrected chi connectivity index (χ2v) is 4.56. The van der Waals surface area contributed by atoms with Gasteiger partial charge in [0.15, 0.2) is 0 Å². The third-order valence-electron chi connectivity index (χ3n) is 2.38. The molecule has 0 amide bonds. The van der Waals surface area contributed by atoms with E-state index in [4.69, 9.17) is 5.11 Å². The Morgan fingerprint density at radius 1 is 1.42 bits per heavy atom. The summed E-state index contributed by atoms with van der Waals surface area (Å²) in [7, 11) is 0. The van der Waals surface area contributed by atoms with Crippen LogP contribution in [0.25, 0.3) is 0 Å². The third-order valence-corrected chi connectivity index (χ3v) is 3.68. The molecule has 1 heterocycles. The van der Waals surface area contributed by atoms with E-state index in [1.807, 2.05) is 11.3 Å². The Hall–Kier alpha value is -0.340. The van der Waals surface area contributed by atoms with Crippen molar-refractivity contribution in [2.75, 3.05) is 6.61 Å². The van der Waals surface area contributed by atoms with Gasteiger partial charge in [-0.25, -0.2) is 0 Å². The molecule has 0 aromatic carbocycles. The van der Waals surface area contributed by atoms with Gasteiger partial charge in [-0.15, -0.1) is 11.3 Å². The summed E-state index contributed by atoms with van der Waals surface area (Å²) in [5, 5.41) is 8.68. The first kappa shape index (κ1) is 8.27. The third kappa shape index (κ3) is 1.54. The van der Waals surface area contributed by atoms with E-state index in [0.29, 0.717) is 6.61 Å². The minimum atomic E-state index is 0.322. The van der Waals surface area contributed by atoms with E-state index >= 15 is 0 Å². The van der Waals surface area contributed by atoms with Gasteiger partial charge >= 0.3 is 0 Å². The summed E-state index contributed by atoms with van der Waals surface area (Å²) < 4.78 is 0. The van der Waals surface area contributed by atoms with Crippen LogP contribution in [0.5, 0.6) is 0 Å². The molecule has 0 saturated heterocycles. The summed E-state index contributed by atoms with van der Waals surface area (Å²) in [5.74, 6) is 0. The highest BCUT2D eigenvalue weighted by Gasteiger charge is 2.13. The number of hydrogen-bond donors (Lipinski definition) is 1. The molecule has 0 unspecified atom stereocenters. The van der Waals surface area contributed by atoms with E-state index in [2.05, 4.69) is 6.07 Å². The Balaban J connectivity index is 2.05. The van der Waals surface area contributed by atoms with Gasteiger partial charge in [-0.1, -0.05) is 0 Å². The fourth-order valence-corrected chi connectivity index (χ4v) is 3.07. The molecule has 1 nitrogen and oxygen atoms in total. The number of hydrogen-bond acceptors (Lipinski definition) is 2. The fraction of sp³-hybridized carbons (Fsp3) is 0.600. The number of rotatable bonds is 3. The van der Waals surface area contributed by atoms with Crippen LogP contribution in [0.4, 0.5) is 0 Å². The van der Waals surface area contributed by atoms with Gasteiger partial charge in [0, 0.05) is 16.4 Å². The zero-order chi connectivity index (χ0) is 8.39. The van der Waals surface area contributed by atoms with Crippen molar-refractivity contribution in [2.24, 2.45) is 0 Å². The number of aliphatic hydroxyl groups is 1. The van der Waals surface area contributed by atoms with Gasteiger partial charge in [-0.05, 0) is 43.7 Å². The minimum Gasteiger partial charge on any atom is -0.396 e. The van der Waals surface area contributed by atoms with Crippen molar-refractivity contribution in [3.8, 4) is 0 Å². The zero-order valence-electron chi connectivity index (χ0n) is 7.18. The van der Waals surface area contributed by atoms with Crippen LogP contribution in [0.15, 0.2) is 6.07 Å². The van der Waals surface area contributed by atoms with E-state index in [1.165, 1.54) is 24.1 Å². The number of aliphatic hydroxyl groups excluding tert-OH is 1. The molecule has 1 aromatic rings. The zero-order valence-corrected chi connectivity index (χ0v) is 7.99. The molecule has 0 atom stereocenters. The largest absolute Gasteiger partial charge is 0.396 e. The standard InChI is InChI=1S/C10H14OS/c11-6-2-4-9-7-8-3-1-5-10(8)12-9/h7,11H,1-6H2. The Bertz CT molecular complexity index is 243. The van der Waals surface area contributed by atoms with Crippen molar-refractivity contribution in [1.82, 2.24) is 0 Å². The summed E-state index contributed by atoms with van der Waals surface area (Å²) in [4.78, 5) is 3.07. The summed E-state index contributed by atoms with van der Waals surface area (Å²) in [6.45, 7) is 0.322. The minimum absolute atomic E-state index is 0.322. The van der Waals surface area contributed by atoms with Gasteiger partial charge in [-0.3, -0.25) is 0 Å². The van der Waals surface area contributed by atoms with Crippen LogP contribution < -0.4 is 0 Å². The number of fused-ring (bicyclic) bond motifs is 1. The van der Waals surface area contributed by atoms with Crippen LogP contribution in [0.3, 0.4) is 0 Å². The molecule has 66 valence electrons. The quantitative estimate of drug-likeness (QED) is 0.759. The lowest BCUT2D eigenvalue weighted by molar-refractivity contribution is 0.289. The molecular formula is C10H14OS. The molecule has 0 spiro atoms. The van der Waals surface area contributed by atoms with E-state index in [-0.39, 0.29) is 0 Å². The molecule has 1 N–H and O–H groups in total. The van der Waals surface area contributed by atoms with Crippen molar-refractivity contribution in [2.45, 2.75) is 32.1 Å². The van der Waals surface area contributed by atoms with Crippen molar-refractivity contribution in [1.29, 1.82) is 0 Å². The van der Waals surface area contributed by atoms with E-state index in [9.17, 15) is 0 Å². The fourth-order valence-electron chi connectivity index (χ4n) is 1.77. The van der Waals surface area contributed by atoms with E-state index < -0.39 is 0 Å². The SMILES string of the molecule is OCCCc1cc2c(s1)CCC2. The Morgan fingerprint density at radius 2 is 2.33 bits per heavy atom. The number of thiophene rings is 1. The molecule has 2 heteroatoms. The summed E-state index contributed by atoms with van der Waals surface area (Å²) >= 11 is 1.95. The normalized spacial score (nSPS) is 15.1. The topological polar surface area (TPSA) is 20.2 Å². The molecule has 1 aliphatic rings. The maximum atomic E-state index is 8.68. The van der Waals surface area contributed by atoms with Crippen LogP contribution in [-0.2, 0) is 19.3 Å². The first-order chi connectivity index (χ1) is 5.90. The first-order valence-corrected chi connectivity index (χ1v) is 5.43. The van der Waals surface area contributed by atoms with Crippen molar-refractivity contribution in [3.63, 3.8) is 0 Å². The van der Waals surface area contributed by atoms with Crippen molar-refractivity contribution >= 4 is 11.3 Å². The number of aryl methyl sites for hydroxylation is 3. The van der Waals surface area contributed by atoms with Gasteiger partial charge in [0.25, 0.3) is 0 Å². The average Bonchev–Trinajstić information content (AvgIpc) is 2.58. The lowest BCUT2D eigenvalue weighted by atomic mass is 10.2. The van der Waals surface area contributed by atoms with Crippen LogP contribution >= 0.6 is 11.3 Å². The van der Waals surface area contributed by atoms with Crippen LogP contribution in [0.1, 0.15) is 28.2 Å². The van der Waals surface area contributed by atoms with Gasteiger partial charge in [-0.2, -0.15) is 0 Å². The monoisotopic (exact) mass is 182 g/mol. The molecule has 12 heavy (non-hydrogen) atoms.